The summed E-state index contributed by atoms with van der Waals surface area (Å²) in [4.78, 5) is 14.8. The van der Waals surface area contributed by atoms with Crippen LogP contribution in [0, 0.1) is 0 Å². The van der Waals surface area contributed by atoms with Crippen LogP contribution in [0.15, 0.2) is 77.7 Å². The van der Waals surface area contributed by atoms with Crippen molar-refractivity contribution >= 4 is 10.9 Å². The summed E-state index contributed by atoms with van der Waals surface area (Å²) < 4.78 is 4.16. The van der Waals surface area contributed by atoms with E-state index in [1.54, 1.807) is 16.7 Å². The molecule has 4 heteroatoms. The fraction of sp³-hybridized carbons (Fsp3) is 0.240. The third kappa shape index (κ3) is 2.60. The zero-order chi connectivity index (χ0) is 19.4. The summed E-state index contributed by atoms with van der Waals surface area (Å²) in [5.41, 5.74) is 6.35. The van der Waals surface area contributed by atoms with Gasteiger partial charge in [-0.3, -0.25) is 14.3 Å². The van der Waals surface area contributed by atoms with Crippen LogP contribution >= 0.6 is 0 Å². The van der Waals surface area contributed by atoms with Gasteiger partial charge in [0.05, 0.1) is 5.52 Å². The fourth-order valence-corrected chi connectivity index (χ4v) is 5.19. The lowest BCUT2D eigenvalue weighted by Gasteiger charge is -2.27. The summed E-state index contributed by atoms with van der Waals surface area (Å²) in [5, 5.41) is 1.38. The Hall–Kier alpha value is -3.11. The molecule has 144 valence electrons. The number of para-hydroxylation sites is 1. The number of benzene rings is 2. The second kappa shape index (κ2) is 6.46. The minimum atomic E-state index is -0.00780. The first kappa shape index (κ1) is 16.8. The number of fused-ring (bicyclic) bond motifs is 3. The average molecular weight is 381 g/mol. The van der Waals surface area contributed by atoms with Crippen molar-refractivity contribution < 1.29 is 0 Å². The third-order valence-corrected chi connectivity index (χ3v) is 6.58. The van der Waals surface area contributed by atoms with Gasteiger partial charge in [-0.1, -0.05) is 24.3 Å². The number of rotatable bonds is 2. The Morgan fingerprint density at radius 3 is 2.31 bits per heavy atom. The molecule has 0 amide bonds. The molecule has 2 aromatic carbocycles. The molecule has 0 N–H and O–H groups in total. The summed E-state index contributed by atoms with van der Waals surface area (Å²) in [6.45, 7) is 3.45. The molecule has 7 rings (SSSR count). The molecule has 0 atom stereocenters. The Morgan fingerprint density at radius 2 is 1.52 bits per heavy atom. The smallest absolute Gasteiger partial charge is 0.255 e. The van der Waals surface area contributed by atoms with Crippen molar-refractivity contribution in [3.63, 3.8) is 0 Å². The highest BCUT2D eigenvalue weighted by atomic mass is 16.1. The maximum atomic E-state index is 12.2. The number of aromatic nitrogens is 2. The molecule has 0 radical (unpaired) electrons. The maximum Gasteiger partial charge on any atom is 0.255 e. The topological polar surface area (TPSA) is 30.2 Å². The van der Waals surface area contributed by atoms with Crippen molar-refractivity contribution in [3.8, 4) is 11.4 Å². The highest BCUT2D eigenvalue weighted by Gasteiger charge is 2.32. The van der Waals surface area contributed by atoms with Gasteiger partial charge in [-0.15, -0.1) is 0 Å². The molecule has 0 unspecified atom stereocenters. The average Bonchev–Trinajstić information content (AvgIpc) is 2.88. The molecule has 2 bridgehead atoms. The molecule has 3 aliphatic rings. The molecular weight excluding hydrogens is 358 g/mol. The van der Waals surface area contributed by atoms with E-state index in [0.29, 0.717) is 5.92 Å². The number of hydrogen-bond donors (Lipinski definition) is 0. The number of pyridine rings is 1. The fourth-order valence-electron chi connectivity index (χ4n) is 5.19. The summed E-state index contributed by atoms with van der Waals surface area (Å²) in [6.07, 6.45) is 4.29. The monoisotopic (exact) mass is 381 g/mol. The van der Waals surface area contributed by atoms with Gasteiger partial charge in [0.1, 0.15) is 0 Å². The van der Waals surface area contributed by atoms with E-state index < -0.39 is 0 Å². The van der Waals surface area contributed by atoms with E-state index in [-0.39, 0.29) is 5.56 Å². The van der Waals surface area contributed by atoms with E-state index in [2.05, 4.69) is 58.0 Å². The van der Waals surface area contributed by atoms with Crippen molar-refractivity contribution in [1.82, 2.24) is 14.0 Å². The molecule has 1 fully saturated rings. The predicted molar refractivity (Wildman–Crippen MR) is 116 cm³/mol. The first-order valence-electron chi connectivity index (χ1n) is 10.4. The zero-order valence-electron chi connectivity index (χ0n) is 16.3. The predicted octanol–water partition coefficient (Wildman–Crippen LogP) is 4.47. The lowest BCUT2D eigenvalue weighted by molar-refractivity contribution is 0.220. The van der Waals surface area contributed by atoms with Crippen molar-refractivity contribution in [1.29, 1.82) is 0 Å². The van der Waals surface area contributed by atoms with E-state index in [1.807, 2.05) is 12.3 Å². The SMILES string of the molecule is O=c1ccccn1-c1ccc(-n2c3c(c4ccccc42)CN2CCC3CC2)cc1. The van der Waals surface area contributed by atoms with Crippen LogP contribution in [-0.2, 0) is 6.54 Å². The summed E-state index contributed by atoms with van der Waals surface area (Å²) in [5.74, 6) is 0.618. The molecule has 0 spiro atoms. The highest BCUT2D eigenvalue weighted by molar-refractivity contribution is 5.88. The van der Waals surface area contributed by atoms with E-state index >= 15 is 0 Å². The molecule has 0 aliphatic carbocycles. The molecule has 3 aliphatic heterocycles. The van der Waals surface area contributed by atoms with Gasteiger partial charge in [-0.05, 0) is 67.9 Å². The Bertz CT molecular complexity index is 1260. The van der Waals surface area contributed by atoms with Gasteiger partial charge >= 0.3 is 0 Å². The van der Waals surface area contributed by atoms with Crippen molar-refractivity contribution in [3.05, 3.63) is 94.5 Å². The molecule has 2 aromatic heterocycles. The Kier molecular flexibility index (Phi) is 3.74. The number of piperidine rings is 1. The quantitative estimate of drug-likeness (QED) is 0.513. The molecule has 1 saturated heterocycles. The van der Waals surface area contributed by atoms with Gasteiger partial charge in [-0.25, -0.2) is 0 Å². The summed E-state index contributed by atoms with van der Waals surface area (Å²) >= 11 is 0. The Labute approximate surface area is 169 Å². The molecule has 29 heavy (non-hydrogen) atoms. The zero-order valence-corrected chi connectivity index (χ0v) is 16.3. The minimum Gasteiger partial charge on any atom is -0.313 e. The van der Waals surface area contributed by atoms with Crippen LogP contribution in [0.1, 0.15) is 30.0 Å². The molecule has 4 nitrogen and oxygen atoms in total. The summed E-state index contributed by atoms with van der Waals surface area (Å²) in [7, 11) is 0. The normalized spacial score (nSPS) is 20.6. The lowest BCUT2D eigenvalue weighted by atomic mass is 9.94. The molecule has 5 heterocycles. The van der Waals surface area contributed by atoms with Crippen LogP contribution in [0.5, 0.6) is 0 Å². The van der Waals surface area contributed by atoms with Gasteiger partial charge in [0.15, 0.2) is 0 Å². The van der Waals surface area contributed by atoms with E-state index in [4.69, 9.17) is 0 Å². The van der Waals surface area contributed by atoms with Gasteiger partial charge in [-0.2, -0.15) is 0 Å². The van der Waals surface area contributed by atoms with E-state index in [0.717, 1.165) is 12.2 Å². The van der Waals surface area contributed by atoms with Crippen molar-refractivity contribution in [2.24, 2.45) is 0 Å². The van der Waals surface area contributed by atoms with E-state index in [1.165, 1.54) is 53.8 Å². The second-order valence-corrected chi connectivity index (χ2v) is 8.19. The first-order chi connectivity index (χ1) is 14.3. The number of hydrogen-bond acceptors (Lipinski definition) is 2. The molecule has 0 saturated carbocycles. The van der Waals surface area contributed by atoms with Gasteiger partial charge in [0.25, 0.3) is 5.56 Å². The van der Waals surface area contributed by atoms with Crippen LogP contribution in [0.4, 0.5) is 0 Å². The maximum absolute atomic E-state index is 12.2. The standard InChI is InChI=1S/C25H23N3O/c29-24-7-3-4-14-27(24)19-8-10-20(11-9-19)28-23-6-2-1-5-21(23)22-17-26-15-12-18(13-16-26)25(22)28/h1-11,14,18H,12-13,15-17H2. The molecule has 4 aromatic rings. The minimum absolute atomic E-state index is 0.00780. The highest BCUT2D eigenvalue weighted by Crippen LogP contribution is 2.42. The van der Waals surface area contributed by atoms with Crippen LogP contribution in [0.3, 0.4) is 0 Å². The van der Waals surface area contributed by atoms with Crippen molar-refractivity contribution in [2.75, 3.05) is 13.1 Å². The van der Waals surface area contributed by atoms with Crippen LogP contribution < -0.4 is 5.56 Å². The lowest BCUT2D eigenvalue weighted by Crippen LogP contribution is -2.29. The summed E-state index contributed by atoms with van der Waals surface area (Å²) in [6, 6.07) is 22.5. The van der Waals surface area contributed by atoms with Gasteiger partial charge < -0.3 is 4.57 Å². The first-order valence-corrected chi connectivity index (χ1v) is 10.4. The largest absolute Gasteiger partial charge is 0.313 e. The number of nitrogens with zero attached hydrogens (tertiary/aromatic N) is 3. The van der Waals surface area contributed by atoms with Crippen LogP contribution in [-0.4, -0.2) is 27.1 Å². The second-order valence-electron chi connectivity index (χ2n) is 8.19. The Balaban J connectivity index is 1.55. The van der Waals surface area contributed by atoms with Crippen LogP contribution in [0.2, 0.25) is 0 Å². The molecular formula is C25H23N3O. The van der Waals surface area contributed by atoms with E-state index in [9.17, 15) is 4.79 Å². The van der Waals surface area contributed by atoms with Crippen LogP contribution in [0.25, 0.3) is 22.3 Å². The van der Waals surface area contributed by atoms with Crippen molar-refractivity contribution in [2.45, 2.75) is 25.3 Å². The third-order valence-electron chi connectivity index (χ3n) is 6.58. The Morgan fingerprint density at radius 1 is 0.793 bits per heavy atom. The van der Waals surface area contributed by atoms with Gasteiger partial charge in [0.2, 0.25) is 0 Å². The van der Waals surface area contributed by atoms with Gasteiger partial charge in [0, 0.05) is 47.2 Å².